The zero-order valence-electron chi connectivity index (χ0n) is 14.3. The van der Waals surface area contributed by atoms with Gasteiger partial charge in [-0.15, -0.1) is 0 Å². The molecule has 0 amide bonds. The lowest BCUT2D eigenvalue weighted by atomic mass is 9.76. The molecule has 22 heavy (non-hydrogen) atoms. The molecule has 0 saturated heterocycles. The van der Waals surface area contributed by atoms with E-state index >= 15 is 0 Å². The van der Waals surface area contributed by atoms with Crippen molar-refractivity contribution < 1.29 is 5.11 Å². The van der Waals surface area contributed by atoms with Crippen molar-refractivity contribution in [2.75, 3.05) is 12.4 Å². The predicted molar refractivity (Wildman–Crippen MR) is 94.8 cm³/mol. The Labute approximate surface area is 134 Å². The molecule has 2 nitrogen and oxygen atoms in total. The quantitative estimate of drug-likeness (QED) is 0.815. The van der Waals surface area contributed by atoms with Crippen LogP contribution in [0, 0.1) is 5.41 Å². The summed E-state index contributed by atoms with van der Waals surface area (Å²) >= 11 is 0. The number of benzene rings is 2. The molecule has 0 aromatic heterocycles. The SMILES string of the molecule is CNc1ccc(Cc2ccccc2O)cc1C(C)C(C)(C)C. The highest BCUT2D eigenvalue weighted by Crippen LogP contribution is 2.38. The number of phenolic OH excluding ortho intramolecular Hbond substituents is 1. The largest absolute Gasteiger partial charge is 0.508 e. The van der Waals surface area contributed by atoms with Gasteiger partial charge in [0.2, 0.25) is 0 Å². The molecule has 0 aliphatic rings. The van der Waals surface area contributed by atoms with Crippen molar-refractivity contribution in [1.29, 1.82) is 0 Å². The summed E-state index contributed by atoms with van der Waals surface area (Å²) in [6.07, 6.45) is 0.751. The van der Waals surface area contributed by atoms with Gasteiger partial charge in [-0.25, -0.2) is 0 Å². The van der Waals surface area contributed by atoms with Crippen LogP contribution < -0.4 is 5.32 Å². The number of anilines is 1. The number of para-hydroxylation sites is 1. The normalized spacial score (nSPS) is 13.0. The van der Waals surface area contributed by atoms with E-state index in [4.69, 9.17) is 0 Å². The first-order chi connectivity index (χ1) is 10.3. The van der Waals surface area contributed by atoms with E-state index in [1.165, 1.54) is 16.8 Å². The fourth-order valence-electron chi connectivity index (χ4n) is 2.65. The smallest absolute Gasteiger partial charge is 0.119 e. The van der Waals surface area contributed by atoms with Crippen LogP contribution in [0.15, 0.2) is 42.5 Å². The van der Waals surface area contributed by atoms with Crippen LogP contribution in [0.4, 0.5) is 5.69 Å². The van der Waals surface area contributed by atoms with Crippen molar-refractivity contribution in [3.8, 4) is 5.75 Å². The fourth-order valence-corrected chi connectivity index (χ4v) is 2.65. The molecule has 1 unspecified atom stereocenters. The molecule has 0 aliphatic carbocycles. The van der Waals surface area contributed by atoms with Crippen LogP contribution in [-0.4, -0.2) is 12.2 Å². The third-order valence-corrected chi connectivity index (χ3v) is 4.54. The van der Waals surface area contributed by atoms with Crippen molar-refractivity contribution in [3.63, 3.8) is 0 Å². The summed E-state index contributed by atoms with van der Waals surface area (Å²) < 4.78 is 0. The summed E-state index contributed by atoms with van der Waals surface area (Å²) in [7, 11) is 1.97. The summed E-state index contributed by atoms with van der Waals surface area (Å²) in [4.78, 5) is 0. The summed E-state index contributed by atoms with van der Waals surface area (Å²) in [5, 5.41) is 13.3. The van der Waals surface area contributed by atoms with Crippen LogP contribution in [0.3, 0.4) is 0 Å². The van der Waals surface area contributed by atoms with E-state index in [1.54, 1.807) is 6.07 Å². The van der Waals surface area contributed by atoms with Gasteiger partial charge in [-0.3, -0.25) is 0 Å². The highest BCUT2D eigenvalue weighted by Gasteiger charge is 2.24. The highest BCUT2D eigenvalue weighted by molar-refractivity contribution is 5.55. The Morgan fingerprint density at radius 1 is 1.09 bits per heavy atom. The summed E-state index contributed by atoms with van der Waals surface area (Å²) in [6, 6.07) is 14.1. The van der Waals surface area contributed by atoms with Crippen molar-refractivity contribution in [2.24, 2.45) is 5.41 Å². The number of hydrogen-bond acceptors (Lipinski definition) is 2. The van der Waals surface area contributed by atoms with Gasteiger partial charge in [0, 0.05) is 19.2 Å². The minimum Gasteiger partial charge on any atom is -0.508 e. The standard InChI is InChI=1S/C20H27NO/c1-14(20(2,3)4)17-13-15(10-11-18(17)21-5)12-16-8-6-7-9-19(16)22/h6-11,13-14,21-22H,12H2,1-5H3. The van der Waals surface area contributed by atoms with E-state index in [9.17, 15) is 5.11 Å². The Hall–Kier alpha value is -1.96. The maximum atomic E-state index is 9.97. The van der Waals surface area contributed by atoms with Gasteiger partial charge in [0.15, 0.2) is 0 Å². The van der Waals surface area contributed by atoms with Crippen LogP contribution in [0.1, 0.15) is 50.3 Å². The maximum Gasteiger partial charge on any atom is 0.119 e. The molecule has 2 rings (SSSR count). The van der Waals surface area contributed by atoms with Gasteiger partial charge in [-0.05, 0) is 40.2 Å². The van der Waals surface area contributed by atoms with Gasteiger partial charge in [0.05, 0.1) is 0 Å². The lowest BCUT2D eigenvalue weighted by Gasteiger charge is -2.29. The average Bonchev–Trinajstić information content (AvgIpc) is 2.48. The second-order valence-corrected chi connectivity index (χ2v) is 7.06. The van der Waals surface area contributed by atoms with Gasteiger partial charge < -0.3 is 10.4 Å². The molecule has 0 aliphatic heterocycles. The minimum atomic E-state index is 0.207. The number of nitrogens with one attached hydrogen (secondary N) is 1. The molecule has 2 aromatic carbocycles. The first-order valence-electron chi connectivity index (χ1n) is 7.90. The van der Waals surface area contributed by atoms with E-state index in [2.05, 4.69) is 51.2 Å². The molecular weight excluding hydrogens is 270 g/mol. The Morgan fingerprint density at radius 3 is 2.36 bits per heavy atom. The first-order valence-corrected chi connectivity index (χ1v) is 7.90. The molecule has 118 valence electrons. The molecule has 2 aromatic rings. The minimum absolute atomic E-state index is 0.207. The molecule has 0 radical (unpaired) electrons. The van der Waals surface area contributed by atoms with E-state index in [0.717, 1.165) is 12.0 Å². The van der Waals surface area contributed by atoms with Gasteiger partial charge in [0.1, 0.15) is 5.75 Å². The van der Waals surface area contributed by atoms with E-state index in [1.807, 2.05) is 25.2 Å². The first kappa shape index (κ1) is 16.4. The summed E-state index contributed by atoms with van der Waals surface area (Å²) in [6.45, 7) is 9.09. The number of hydrogen-bond donors (Lipinski definition) is 2. The van der Waals surface area contributed by atoms with Crippen LogP contribution >= 0.6 is 0 Å². The van der Waals surface area contributed by atoms with Gasteiger partial charge in [-0.2, -0.15) is 0 Å². The zero-order chi connectivity index (χ0) is 16.3. The third-order valence-electron chi connectivity index (χ3n) is 4.54. The van der Waals surface area contributed by atoms with Crippen LogP contribution in [0.2, 0.25) is 0 Å². The number of phenols is 1. The lowest BCUT2D eigenvalue weighted by Crippen LogP contribution is -2.17. The van der Waals surface area contributed by atoms with Gasteiger partial charge in [-0.1, -0.05) is 58.0 Å². The number of rotatable bonds is 4. The highest BCUT2D eigenvalue weighted by atomic mass is 16.3. The zero-order valence-corrected chi connectivity index (χ0v) is 14.3. The Kier molecular flexibility index (Phi) is 4.80. The Balaban J connectivity index is 2.37. The van der Waals surface area contributed by atoms with E-state index in [-0.39, 0.29) is 5.41 Å². The average molecular weight is 297 g/mol. The monoisotopic (exact) mass is 297 g/mol. The molecule has 2 heteroatoms. The molecule has 0 saturated carbocycles. The van der Waals surface area contributed by atoms with E-state index < -0.39 is 0 Å². The van der Waals surface area contributed by atoms with Crippen molar-refractivity contribution in [2.45, 2.75) is 40.0 Å². The molecular formula is C20H27NO. The number of aromatic hydroxyl groups is 1. The van der Waals surface area contributed by atoms with Crippen molar-refractivity contribution >= 4 is 5.69 Å². The summed E-state index contributed by atoms with van der Waals surface area (Å²) in [5.74, 6) is 0.810. The Bertz CT molecular complexity index is 640. The van der Waals surface area contributed by atoms with E-state index in [0.29, 0.717) is 11.7 Å². The Morgan fingerprint density at radius 2 is 1.77 bits per heavy atom. The topological polar surface area (TPSA) is 32.3 Å². The second kappa shape index (κ2) is 6.43. The molecule has 0 fully saturated rings. The lowest BCUT2D eigenvalue weighted by molar-refractivity contribution is 0.340. The predicted octanol–water partition coefficient (Wildman–Crippen LogP) is 5.17. The van der Waals surface area contributed by atoms with Crippen molar-refractivity contribution in [3.05, 3.63) is 59.2 Å². The molecule has 1 atom stereocenters. The van der Waals surface area contributed by atoms with Crippen LogP contribution in [0.5, 0.6) is 5.75 Å². The molecule has 0 spiro atoms. The maximum absolute atomic E-state index is 9.97. The van der Waals surface area contributed by atoms with Gasteiger partial charge >= 0.3 is 0 Å². The van der Waals surface area contributed by atoms with Gasteiger partial charge in [0.25, 0.3) is 0 Å². The third kappa shape index (κ3) is 3.62. The van der Waals surface area contributed by atoms with Crippen LogP contribution in [0.25, 0.3) is 0 Å². The summed E-state index contributed by atoms with van der Waals surface area (Å²) in [5.41, 5.74) is 4.92. The fraction of sp³-hybridized carbons (Fsp3) is 0.400. The molecule has 2 N–H and O–H groups in total. The molecule has 0 bridgehead atoms. The molecule has 0 heterocycles. The van der Waals surface area contributed by atoms with Crippen LogP contribution in [-0.2, 0) is 6.42 Å². The second-order valence-electron chi connectivity index (χ2n) is 7.06. The van der Waals surface area contributed by atoms with Crippen molar-refractivity contribution in [1.82, 2.24) is 0 Å².